The van der Waals surface area contributed by atoms with Crippen molar-refractivity contribution in [1.82, 2.24) is 15.0 Å². The maximum atomic E-state index is 4.38. The summed E-state index contributed by atoms with van der Waals surface area (Å²) in [6.07, 6.45) is 0. The first kappa shape index (κ1) is 15.0. The summed E-state index contributed by atoms with van der Waals surface area (Å²) in [6.45, 7) is 3.47. The topological polar surface area (TPSA) is 66.0 Å². The Morgan fingerprint density at radius 2 is 1.85 bits per heavy atom. The second-order valence-corrected chi connectivity index (χ2v) is 6.81. The third kappa shape index (κ3) is 4.04. The Hall–Kier alpha value is -1.41. The molecule has 0 atom stereocenters. The van der Waals surface area contributed by atoms with Crippen LogP contribution in [0.4, 0.5) is 17.8 Å². The van der Waals surface area contributed by atoms with Gasteiger partial charge in [0.2, 0.25) is 17.8 Å². The van der Waals surface area contributed by atoms with E-state index in [0.717, 1.165) is 10.3 Å². The van der Waals surface area contributed by atoms with Crippen molar-refractivity contribution in [1.29, 1.82) is 0 Å². The van der Waals surface area contributed by atoms with Gasteiger partial charge in [-0.1, -0.05) is 0 Å². The summed E-state index contributed by atoms with van der Waals surface area (Å²) in [5, 5.41) is 6.34. The summed E-state index contributed by atoms with van der Waals surface area (Å²) in [6, 6.07) is 4.10. The number of aromatic nitrogens is 3. The van der Waals surface area contributed by atoms with Crippen molar-refractivity contribution in [2.75, 3.05) is 36.2 Å². The highest BCUT2D eigenvalue weighted by Gasteiger charge is 2.08. The van der Waals surface area contributed by atoms with Gasteiger partial charge in [0.05, 0.1) is 10.3 Å². The number of nitrogens with zero attached hydrogens (tertiary/aromatic N) is 4. The Labute approximate surface area is 130 Å². The fourth-order valence-corrected chi connectivity index (χ4v) is 2.92. The number of nitrogens with one attached hydrogen (secondary N) is 2. The summed E-state index contributed by atoms with van der Waals surface area (Å²) >= 11 is 5.14. The maximum Gasteiger partial charge on any atom is 0.231 e. The second-order valence-electron chi connectivity index (χ2n) is 4.27. The molecule has 0 aliphatic carbocycles. The minimum Gasteiger partial charge on any atom is -0.354 e. The van der Waals surface area contributed by atoms with E-state index in [2.05, 4.69) is 47.6 Å². The smallest absolute Gasteiger partial charge is 0.231 e. The molecule has 2 rings (SSSR count). The maximum absolute atomic E-state index is 4.38. The first-order chi connectivity index (χ1) is 9.58. The highest BCUT2D eigenvalue weighted by atomic mass is 79.9. The molecular weight excluding hydrogens is 340 g/mol. The van der Waals surface area contributed by atoms with Crippen LogP contribution in [0.3, 0.4) is 0 Å². The van der Waals surface area contributed by atoms with Crippen LogP contribution in [0, 0.1) is 0 Å². The molecule has 0 aliphatic rings. The van der Waals surface area contributed by atoms with Gasteiger partial charge in [-0.15, -0.1) is 11.3 Å². The molecule has 6 nitrogen and oxygen atoms in total. The SMILES string of the molecule is CCNc1nc(NCc2ccc(Br)s2)nc(N(C)C)n1. The molecule has 0 fully saturated rings. The molecule has 0 bridgehead atoms. The zero-order valence-electron chi connectivity index (χ0n) is 11.6. The molecule has 108 valence electrons. The third-order valence-corrected chi connectivity index (χ3v) is 4.03. The standard InChI is InChI=1S/C12H17BrN6S/c1-4-14-10-16-11(18-12(17-10)19(2)3)15-7-8-5-6-9(13)20-8/h5-6H,4,7H2,1-3H3,(H2,14,15,16,17,18). The molecule has 2 N–H and O–H groups in total. The van der Waals surface area contributed by atoms with Gasteiger partial charge in [0, 0.05) is 25.5 Å². The lowest BCUT2D eigenvalue weighted by atomic mass is 10.5. The van der Waals surface area contributed by atoms with Gasteiger partial charge in [0.15, 0.2) is 0 Å². The molecule has 8 heteroatoms. The fourth-order valence-electron chi connectivity index (χ4n) is 1.49. The van der Waals surface area contributed by atoms with E-state index in [1.165, 1.54) is 4.88 Å². The molecule has 2 heterocycles. The Morgan fingerprint density at radius 3 is 2.40 bits per heavy atom. The average Bonchev–Trinajstić information content (AvgIpc) is 2.82. The van der Waals surface area contributed by atoms with Crippen LogP contribution in [-0.4, -0.2) is 35.6 Å². The van der Waals surface area contributed by atoms with Crippen LogP contribution in [0.1, 0.15) is 11.8 Å². The summed E-state index contributed by atoms with van der Waals surface area (Å²) in [5.41, 5.74) is 0. The zero-order valence-corrected chi connectivity index (χ0v) is 14.0. The first-order valence-corrected chi connectivity index (χ1v) is 7.84. The monoisotopic (exact) mass is 356 g/mol. The molecule has 0 unspecified atom stereocenters. The van der Waals surface area contributed by atoms with Gasteiger partial charge in [0.1, 0.15) is 0 Å². The quantitative estimate of drug-likeness (QED) is 0.829. The first-order valence-electron chi connectivity index (χ1n) is 6.24. The lowest BCUT2D eigenvalue weighted by Gasteiger charge is -2.13. The predicted octanol–water partition coefficient (Wildman–Crippen LogP) is 2.81. The molecule has 0 radical (unpaired) electrons. The van der Waals surface area contributed by atoms with Gasteiger partial charge in [-0.25, -0.2) is 0 Å². The number of halogens is 1. The highest BCUT2D eigenvalue weighted by Crippen LogP contribution is 2.22. The van der Waals surface area contributed by atoms with Crippen molar-refractivity contribution in [3.05, 3.63) is 20.8 Å². The van der Waals surface area contributed by atoms with Crippen molar-refractivity contribution < 1.29 is 0 Å². The van der Waals surface area contributed by atoms with E-state index in [0.29, 0.717) is 24.4 Å². The van der Waals surface area contributed by atoms with Gasteiger partial charge in [-0.2, -0.15) is 15.0 Å². The summed E-state index contributed by atoms with van der Waals surface area (Å²) < 4.78 is 1.12. The van der Waals surface area contributed by atoms with Gasteiger partial charge >= 0.3 is 0 Å². The number of thiophene rings is 1. The Morgan fingerprint density at radius 1 is 1.15 bits per heavy atom. The van der Waals surface area contributed by atoms with Crippen LogP contribution in [0.5, 0.6) is 0 Å². The van der Waals surface area contributed by atoms with Gasteiger partial charge in [0.25, 0.3) is 0 Å². The highest BCUT2D eigenvalue weighted by molar-refractivity contribution is 9.11. The van der Waals surface area contributed by atoms with Crippen LogP contribution in [0.25, 0.3) is 0 Å². The van der Waals surface area contributed by atoms with Crippen LogP contribution < -0.4 is 15.5 Å². The average molecular weight is 357 g/mol. The van der Waals surface area contributed by atoms with Crippen molar-refractivity contribution in [2.24, 2.45) is 0 Å². The van der Waals surface area contributed by atoms with E-state index in [1.54, 1.807) is 11.3 Å². The third-order valence-electron chi connectivity index (χ3n) is 2.41. The largest absolute Gasteiger partial charge is 0.354 e. The molecule has 0 amide bonds. The van der Waals surface area contributed by atoms with Crippen LogP contribution in [0.15, 0.2) is 15.9 Å². The van der Waals surface area contributed by atoms with Crippen LogP contribution in [0.2, 0.25) is 0 Å². The van der Waals surface area contributed by atoms with Crippen molar-refractivity contribution in [3.63, 3.8) is 0 Å². The number of hydrogen-bond acceptors (Lipinski definition) is 7. The number of anilines is 3. The van der Waals surface area contributed by atoms with Gasteiger partial charge in [-0.3, -0.25) is 0 Å². The second kappa shape index (κ2) is 6.85. The normalized spacial score (nSPS) is 10.4. The molecule has 0 aliphatic heterocycles. The van der Waals surface area contributed by atoms with Crippen molar-refractivity contribution in [2.45, 2.75) is 13.5 Å². The minimum atomic E-state index is 0.573. The van der Waals surface area contributed by atoms with E-state index in [1.807, 2.05) is 32.0 Å². The van der Waals surface area contributed by atoms with E-state index in [4.69, 9.17) is 0 Å². The van der Waals surface area contributed by atoms with Crippen molar-refractivity contribution in [3.8, 4) is 0 Å². The predicted molar refractivity (Wildman–Crippen MR) is 87.7 cm³/mol. The Bertz CT molecular complexity index is 571. The molecular formula is C12H17BrN6S. The minimum absolute atomic E-state index is 0.573. The van der Waals surface area contributed by atoms with E-state index in [-0.39, 0.29) is 0 Å². The number of rotatable bonds is 6. The molecule has 2 aromatic rings. The zero-order chi connectivity index (χ0) is 14.5. The van der Waals surface area contributed by atoms with Crippen molar-refractivity contribution >= 4 is 45.1 Å². The van der Waals surface area contributed by atoms with E-state index in [9.17, 15) is 0 Å². The van der Waals surface area contributed by atoms with E-state index < -0.39 is 0 Å². The van der Waals surface area contributed by atoms with Crippen LogP contribution in [-0.2, 0) is 6.54 Å². The number of hydrogen-bond donors (Lipinski definition) is 2. The summed E-state index contributed by atoms with van der Waals surface area (Å²) in [7, 11) is 3.82. The molecule has 0 saturated carbocycles. The van der Waals surface area contributed by atoms with Gasteiger partial charge in [-0.05, 0) is 35.0 Å². The molecule has 20 heavy (non-hydrogen) atoms. The summed E-state index contributed by atoms with van der Waals surface area (Å²) in [4.78, 5) is 16.1. The molecule has 0 spiro atoms. The van der Waals surface area contributed by atoms with Gasteiger partial charge < -0.3 is 15.5 Å². The lowest BCUT2D eigenvalue weighted by molar-refractivity contribution is 0.938. The van der Waals surface area contributed by atoms with Crippen LogP contribution >= 0.6 is 27.3 Å². The Balaban J connectivity index is 2.13. The lowest BCUT2D eigenvalue weighted by Crippen LogP contribution is -2.17. The summed E-state index contributed by atoms with van der Waals surface area (Å²) in [5.74, 6) is 1.79. The molecule has 0 saturated heterocycles. The van der Waals surface area contributed by atoms with E-state index >= 15 is 0 Å². The fraction of sp³-hybridized carbons (Fsp3) is 0.417. The molecule has 0 aromatic carbocycles. The molecule has 2 aromatic heterocycles. The Kier molecular flexibility index (Phi) is 5.13.